The average Bonchev–Trinajstić information content (AvgIpc) is 2.45. The Bertz CT molecular complexity index is 419. The van der Waals surface area contributed by atoms with Gasteiger partial charge in [0.15, 0.2) is 0 Å². The standard InChI is InChI=1S/C14H21N3O2/c1-2-7-15-13-6-5-11(9-16-13)14(19)17-8-3-4-12(18)10-17/h5-6,9,12,18H,2-4,7-8,10H2,1H3,(H,15,16). The van der Waals surface area contributed by atoms with Crippen LogP contribution in [0.5, 0.6) is 0 Å². The van der Waals surface area contributed by atoms with E-state index in [-0.39, 0.29) is 5.91 Å². The van der Waals surface area contributed by atoms with Gasteiger partial charge >= 0.3 is 0 Å². The third kappa shape index (κ3) is 3.67. The Morgan fingerprint density at radius 3 is 3.05 bits per heavy atom. The molecule has 0 bridgehead atoms. The number of rotatable bonds is 4. The van der Waals surface area contributed by atoms with Gasteiger partial charge in [-0.05, 0) is 31.4 Å². The van der Waals surface area contributed by atoms with Gasteiger partial charge in [-0.2, -0.15) is 0 Å². The quantitative estimate of drug-likeness (QED) is 0.864. The highest BCUT2D eigenvalue weighted by atomic mass is 16.3. The molecular weight excluding hydrogens is 242 g/mol. The number of aliphatic hydroxyl groups is 1. The van der Waals surface area contributed by atoms with Gasteiger partial charge in [-0.1, -0.05) is 6.92 Å². The number of carbonyl (C=O) groups excluding carboxylic acids is 1. The summed E-state index contributed by atoms with van der Waals surface area (Å²) in [5, 5.41) is 12.8. The third-order valence-corrected chi connectivity index (χ3v) is 3.25. The molecule has 1 aliphatic heterocycles. The van der Waals surface area contributed by atoms with E-state index in [2.05, 4.69) is 17.2 Å². The SMILES string of the molecule is CCCNc1ccc(C(=O)N2CCCC(O)C2)cn1. The fourth-order valence-electron chi connectivity index (χ4n) is 2.20. The average molecular weight is 263 g/mol. The highest BCUT2D eigenvalue weighted by molar-refractivity contribution is 5.94. The van der Waals surface area contributed by atoms with Gasteiger partial charge in [-0.25, -0.2) is 4.98 Å². The molecule has 1 amide bonds. The molecule has 1 aromatic heterocycles. The molecule has 0 aliphatic carbocycles. The van der Waals surface area contributed by atoms with Crippen LogP contribution in [-0.4, -0.2) is 46.6 Å². The Balaban J connectivity index is 1.98. The van der Waals surface area contributed by atoms with Crippen molar-refractivity contribution in [1.29, 1.82) is 0 Å². The lowest BCUT2D eigenvalue weighted by Crippen LogP contribution is -2.42. The zero-order chi connectivity index (χ0) is 13.7. The van der Waals surface area contributed by atoms with Crippen LogP contribution in [0.1, 0.15) is 36.5 Å². The Morgan fingerprint density at radius 1 is 1.58 bits per heavy atom. The van der Waals surface area contributed by atoms with Crippen LogP contribution < -0.4 is 5.32 Å². The first-order chi connectivity index (χ1) is 9.20. The number of hydrogen-bond acceptors (Lipinski definition) is 4. The fourth-order valence-corrected chi connectivity index (χ4v) is 2.20. The smallest absolute Gasteiger partial charge is 0.255 e. The predicted octanol–water partition coefficient (Wildman–Crippen LogP) is 1.50. The number of β-amino-alcohol motifs (C(OH)–C–C–N with tert-alkyl or cyclic N) is 1. The summed E-state index contributed by atoms with van der Waals surface area (Å²) in [6.45, 7) is 4.10. The lowest BCUT2D eigenvalue weighted by Gasteiger charge is -2.30. The predicted molar refractivity (Wildman–Crippen MR) is 74.2 cm³/mol. The van der Waals surface area contributed by atoms with Crippen LogP contribution in [0, 0.1) is 0 Å². The third-order valence-electron chi connectivity index (χ3n) is 3.25. The van der Waals surface area contributed by atoms with E-state index in [4.69, 9.17) is 0 Å². The number of pyridine rings is 1. The molecule has 1 unspecified atom stereocenters. The zero-order valence-corrected chi connectivity index (χ0v) is 11.3. The van der Waals surface area contributed by atoms with Gasteiger partial charge < -0.3 is 15.3 Å². The Kier molecular flexibility index (Phi) is 4.74. The molecule has 0 radical (unpaired) electrons. The Hall–Kier alpha value is -1.62. The Morgan fingerprint density at radius 2 is 2.42 bits per heavy atom. The number of aromatic nitrogens is 1. The second kappa shape index (κ2) is 6.52. The number of amides is 1. The largest absolute Gasteiger partial charge is 0.391 e. The van der Waals surface area contributed by atoms with Crippen LogP contribution in [-0.2, 0) is 0 Å². The molecule has 0 aromatic carbocycles. The van der Waals surface area contributed by atoms with Crippen molar-refractivity contribution in [2.24, 2.45) is 0 Å². The number of nitrogens with one attached hydrogen (secondary N) is 1. The van der Waals surface area contributed by atoms with Crippen molar-refractivity contribution in [3.05, 3.63) is 23.9 Å². The van der Waals surface area contributed by atoms with Gasteiger partial charge in [-0.3, -0.25) is 4.79 Å². The van der Waals surface area contributed by atoms with Gasteiger partial charge in [0, 0.05) is 25.8 Å². The summed E-state index contributed by atoms with van der Waals surface area (Å²) in [5.41, 5.74) is 0.580. The number of hydrogen-bond donors (Lipinski definition) is 2. The lowest BCUT2D eigenvalue weighted by atomic mass is 10.1. The van der Waals surface area contributed by atoms with E-state index >= 15 is 0 Å². The molecule has 2 heterocycles. The van der Waals surface area contributed by atoms with Crippen LogP contribution in [0.4, 0.5) is 5.82 Å². The van der Waals surface area contributed by atoms with Gasteiger partial charge in [0.2, 0.25) is 0 Å². The molecule has 1 atom stereocenters. The van der Waals surface area contributed by atoms with Crippen LogP contribution in [0.15, 0.2) is 18.3 Å². The zero-order valence-electron chi connectivity index (χ0n) is 11.3. The van der Waals surface area contributed by atoms with Crippen molar-refractivity contribution in [3.8, 4) is 0 Å². The van der Waals surface area contributed by atoms with Crippen molar-refractivity contribution in [3.63, 3.8) is 0 Å². The van der Waals surface area contributed by atoms with Crippen LogP contribution in [0.3, 0.4) is 0 Å². The van der Waals surface area contributed by atoms with E-state index < -0.39 is 6.10 Å². The van der Waals surface area contributed by atoms with Gasteiger partial charge in [0.1, 0.15) is 5.82 Å². The summed E-state index contributed by atoms with van der Waals surface area (Å²) in [7, 11) is 0. The van der Waals surface area contributed by atoms with Crippen molar-refractivity contribution < 1.29 is 9.90 Å². The molecule has 0 saturated carbocycles. The first kappa shape index (κ1) is 13.8. The minimum Gasteiger partial charge on any atom is -0.391 e. The summed E-state index contributed by atoms with van der Waals surface area (Å²) < 4.78 is 0. The second-order valence-corrected chi connectivity index (χ2v) is 4.91. The van der Waals surface area contributed by atoms with Crippen molar-refractivity contribution in [2.75, 3.05) is 25.0 Å². The molecule has 2 rings (SSSR count). The van der Waals surface area contributed by atoms with Gasteiger partial charge in [0.05, 0.1) is 11.7 Å². The summed E-state index contributed by atoms with van der Waals surface area (Å²) >= 11 is 0. The van der Waals surface area contributed by atoms with Crippen LogP contribution in [0.2, 0.25) is 0 Å². The van der Waals surface area contributed by atoms with E-state index in [0.717, 1.165) is 31.6 Å². The molecule has 0 spiro atoms. The number of anilines is 1. The fraction of sp³-hybridized carbons (Fsp3) is 0.571. The minimum atomic E-state index is -0.392. The summed E-state index contributed by atoms with van der Waals surface area (Å²) in [6, 6.07) is 3.61. The van der Waals surface area contributed by atoms with Crippen LogP contribution in [0.25, 0.3) is 0 Å². The molecule has 1 aromatic rings. The summed E-state index contributed by atoms with van der Waals surface area (Å²) in [5.74, 6) is 0.741. The van der Waals surface area contributed by atoms with Gasteiger partial charge in [-0.15, -0.1) is 0 Å². The molecule has 2 N–H and O–H groups in total. The van der Waals surface area contributed by atoms with E-state index in [1.54, 1.807) is 17.2 Å². The number of carbonyl (C=O) groups is 1. The molecule has 19 heavy (non-hydrogen) atoms. The maximum atomic E-state index is 12.2. The van der Waals surface area contributed by atoms with Crippen molar-refractivity contribution >= 4 is 11.7 Å². The van der Waals surface area contributed by atoms with Crippen molar-refractivity contribution in [2.45, 2.75) is 32.3 Å². The van der Waals surface area contributed by atoms with E-state index in [0.29, 0.717) is 18.7 Å². The molecule has 104 valence electrons. The lowest BCUT2D eigenvalue weighted by molar-refractivity contribution is 0.0473. The number of likely N-dealkylation sites (tertiary alicyclic amines) is 1. The van der Waals surface area contributed by atoms with Crippen molar-refractivity contribution in [1.82, 2.24) is 9.88 Å². The molecular formula is C14H21N3O2. The van der Waals surface area contributed by atoms with E-state index in [1.165, 1.54) is 0 Å². The number of aliphatic hydroxyl groups excluding tert-OH is 1. The number of nitrogens with zero attached hydrogens (tertiary/aromatic N) is 2. The monoisotopic (exact) mass is 263 g/mol. The second-order valence-electron chi connectivity index (χ2n) is 4.91. The molecule has 1 saturated heterocycles. The first-order valence-corrected chi connectivity index (χ1v) is 6.88. The molecule has 1 aliphatic rings. The summed E-state index contributed by atoms with van der Waals surface area (Å²) in [6.07, 6.45) is 3.88. The maximum absolute atomic E-state index is 12.2. The topological polar surface area (TPSA) is 65.5 Å². The maximum Gasteiger partial charge on any atom is 0.255 e. The molecule has 1 fully saturated rings. The van der Waals surface area contributed by atoms with E-state index in [9.17, 15) is 9.90 Å². The first-order valence-electron chi connectivity index (χ1n) is 6.88. The number of piperidine rings is 1. The van der Waals surface area contributed by atoms with E-state index in [1.807, 2.05) is 6.07 Å². The van der Waals surface area contributed by atoms with Gasteiger partial charge in [0.25, 0.3) is 5.91 Å². The normalized spacial score (nSPS) is 19.3. The highest BCUT2D eigenvalue weighted by Gasteiger charge is 2.23. The molecule has 5 heteroatoms. The molecule has 5 nitrogen and oxygen atoms in total. The van der Waals surface area contributed by atoms with Crippen LogP contribution >= 0.6 is 0 Å². The Labute approximate surface area is 113 Å². The minimum absolute atomic E-state index is 0.0479. The summed E-state index contributed by atoms with van der Waals surface area (Å²) in [4.78, 5) is 18.2. The highest BCUT2D eigenvalue weighted by Crippen LogP contribution is 2.14.